The minimum absolute atomic E-state index is 0.310. The van der Waals surface area contributed by atoms with Crippen LogP contribution < -0.4 is 14.2 Å². The number of ether oxygens (including phenoxy) is 3. The van der Waals surface area contributed by atoms with Gasteiger partial charge in [0, 0.05) is 13.8 Å². The van der Waals surface area contributed by atoms with E-state index in [-0.39, 0.29) is 0 Å². The van der Waals surface area contributed by atoms with E-state index >= 15 is 0 Å². The van der Waals surface area contributed by atoms with Crippen LogP contribution in [0.2, 0.25) is 0 Å². The van der Waals surface area contributed by atoms with Gasteiger partial charge in [-0.15, -0.1) is 0 Å². The van der Waals surface area contributed by atoms with E-state index in [4.69, 9.17) is 14.2 Å². The maximum absolute atomic E-state index is 12.0. The fourth-order valence-corrected chi connectivity index (χ4v) is 1.73. The number of rotatable bonds is 4. The van der Waals surface area contributed by atoms with Crippen molar-refractivity contribution in [2.75, 3.05) is 0 Å². The van der Waals surface area contributed by atoms with Crippen molar-refractivity contribution in [3.05, 3.63) is 54.1 Å². The average Bonchev–Trinajstić information content (AvgIpc) is 2.49. The maximum Gasteiger partial charge on any atom is 0.343 e. The van der Waals surface area contributed by atoms with Crippen molar-refractivity contribution in [1.82, 2.24) is 0 Å². The van der Waals surface area contributed by atoms with E-state index in [1.54, 1.807) is 0 Å². The highest BCUT2D eigenvalue weighted by Gasteiger charge is 2.09. The first-order chi connectivity index (χ1) is 10.9. The van der Waals surface area contributed by atoms with Gasteiger partial charge in [-0.2, -0.15) is 0 Å². The number of carbonyl (C=O) groups excluding carboxylic acids is 3. The molecule has 0 amide bonds. The molecule has 2 aromatic rings. The molecular formula is C17H14O6. The molecule has 0 unspecified atom stereocenters. The number of carbonyl (C=O) groups is 3. The minimum atomic E-state index is -0.556. The highest BCUT2D eigenvalue weighted by atomic mass is 16.5. The van der Waals surface area contributed by atoms with Crippen LogP contribution in [0.4, 0.5) is 0 Å². The van der Waals surface area contributed by atoms with Crippen LogP contribution in [0.25, 0.3) is 0 Å². The summed E-state index contributed by atoms with van der Waals surface area (Å²) in [5.74, 6) is -0.395. The van der Waals surface area contributed by atoms with Crippen molar-refractivity contribution in [3.63, 3.8) is 0 Å². The predicted molar refractivity (Wildman–Crippen MR) is 80.5 cm³/mol. The standard InChI is InChI=1S/C17H14O6/c1-11(18)21-14-5-3-13(4-6-14)17(20)23-16-9-7-15(8-10-16)22-12(2)19/h3-10H,1-2H3. The van der Waals surface area contributed by atoms with Crippen molar-refractivity contribution in [3.8, 4) is 17.2 Å². The summed E-state index contributed by atoms with van der Waals surface area (Å²) < 4.78 is 15.0. The molecule has 6 nitrogen and oxygen atoms in total. The van der Waals surface area contributed by atoms with Gasteiger partial charge in [-0.1, -0.05) is 0 Å². The monoisotopic (exact) mass is 314 g/mol. The second kappa shape index (κ2) is 7.22. The molecule has 0 saturated heterocycles. The molecule has 0 bridgehead atoms. The Morgan fingerprint density at radius 2 is 0.957 bits per heavy atom. The second-order valence-electron chi connectivity index (χ2n) is 4.57. The summed E-state index contributed by atoms with van der Waals surface area (Å²) >= 11 is 0. The SMILES string of the molecule is CC(=O)Oc1ccc(OC(=O)c2ccc(OC(C)=O)cc2)cc1. The minimum Gasteiger partial charge on any atom is -0.427 e. The summed E-state index contributed by atoms with van der Waals surface area (Å²) in [7, 11) is 0. The Morgan fingerprint density at radius 3 is 1.35 bits per heavy atom. The smallest absolute Gasteiger partial charge is 0.343 e. The first kappa shape index (κ1) is 16.2. The molecule has 2 rings (SSSR count). The molecule has 0 aliphatic rings. The summed E-state index contributed by atoms with van der Waals surface area (Å²) in [4.78, 5) is 33.6. The predicted octanol–water partition coefficient (Wildman–Crippen LogP) is 2.76. The molecule has 2 aromatic carbocycles. The topological polar surface area (TPSA) is 78.9 Å². The first-order valence-electron chi connectivity index (χ1n) is 6.73. The molecule has 0 saturated carbocycles. The van der Waals surface area contributed by atoms with Crippen molar-refractivity contribution in [2.45, 2.75) is 13.8 Å². The van der Waals surface area contributed by atoms with Gasteiger partial charge in [0.1, 0.15) is 17.2 Å². The molecule has 118 valence electrons. The summed E-state index contributed by atoms with van der Waals surface area (Å²) in [6, 6.07) is 12.1. The fourth-order valence-electron chi connectivity index (χ4n) is 1.73. The summed E-state index contributed by atoms with van der Waals surface area (Å²) in [5.41, 5.74) is 0.310. The third kappa shape index (κ3) is 4.96. The lowest BCUT2D eigenvalue weighted by atomic mass is 10.2. The quantitative estimate of drug-likeness (QED) is 0.638. The van der Waals surface area contributed by atoms with Gasteiger partial charge in [0.05, 0.1) is 5.56 Å². The van der Waals surface area contributed by atoms with Gasteiger partial charge in [0.25, 0.3) is 0 Å². The third-order valence-electron chi connectivity index (χ3n) is 2.65. The van der Waals surface area contributed by atoms with E-state index < -0.39 is 17.9 Å². The van der Waals surface area contributed by atoms with E-state index in [9.17, 15) is 14.4 Å². The zero-order valence-electron chi connectivity index (χ0n) is 12.6. The van der Waals surface area contributed by atoms with Crippen LogP contribution in [-0.2, 0) is 9.59 Å². The van der Waals surface area contributed by atoms with E-state index in [1.807, 2.05) is 0 Å². The lowest BCUT2D eigenvalue weighted by molar-refractivity contribution is -0.132. The number of hydrogen-bond acceptors (Lipinski definition) is 6. The van der Waals surface area contributed by atoms with Crippen molar-refractivity contribution < 1.29 is 28.6 Å². The second-order valence-corrected chi connectivity index (χ2v) is 4.57. The Balaban J connectivity index is 2.01. The molecule has 0 atom stereocenters. The van der Waals surface area contributed by atoms with Crippen LogP contribution in [0.3, 0.4) is 0 Å². The molecule has 0 spiro atoms. The zero-order valence-corrected chi connectivity index (χ0v) is 12.6. The molecule has 0 radical (unpaired) electrons. The molecule has 6 heteroatoms. The van der Waals surface area contributed by atoms with Crippen LogP contribution in [0.5, 0.6) is 17.2 Å². The Morgan fingerprint density at radius 1 is 0.609 bits per heavy atom. The van der Waals surface area contributed by atoms with E-state index in [0.29, 0.717) is 22.8 Å². The Bertz CT molecular complexity index is 716. The lowest BCUT2D eigenvalue weighted by Crippen LogP contribution is -2.09. The normalized spacial score (nSPS) is 9.83. The van der Waals surface area contributed by atoms with Crippen LogP contribution in [-0.4, -0.2) is 17.9 Å². The summed E-state index contributed by atoms with van der Waals surface area (Å²) in [6.45, 7) is 2.59. The largest absolute Gasteiger partial charge is 0.427 e. The third-order valence-corrected chi connectivity index (χ3v) is 2.65. The van der Waals surface area contributed by atoms with Gasteiger partial charge in [-0.05, 0) is 48.5 Å². The van der Waals surface area contributed by atoms with Crippen molar-refractivity contribution >= 4 is 17.9 Å². The molecule has 0 aliphatic heterocycles. The average molecular weight is 314 g/mol. The number of hydrogen-bond donors (Lipinski definition) is 0. The van der Waals surface area contributed by atoms with Gasteiger partial charge in [-0.3, -0.25) is 9.59 Å². The Kier molecular flexibility index (Phi) is 5.09. The van der Waals surface area contributed by atoms with Crippen molar-refractivity contribution in [1.29, 1.82) is 0 Å². The number of esters is 3. The number of benzene rings is 2. The molecular weight excluding hydrogens is 300 g/mol. The van der Waals surface area contributed by atoms with Gasteiger partial charge in [0.15, 0.2) is 0 Å². The van der Waals surface area contributed by atoms with Gasteiger partial charge in [-0.25, -0.2) is 4.79 Å². The van der Waals surface area contributed by atoms with Crippen LogP contribution in [0, 0.1) is 0 Å². The van der Waals surface area contributed by atoms with E-state index in [2.05, 4.69) is 0 Å². The van der Waals surface area contributed by atoms with Crippen LogP contribution in [0.15, 0.2) is 48.5 Å². The summed E-state index contributed by atoms with van der Waals surface area (Å²) in [6.07, 6.45) is 0. The van der Waals surface area contributed by atoms with Crippen LogP contribution >= 0.6 is 0 Å². The van der Waals surface area contributed by atoms with Gasteiger partial charge < -0.3 is 14.2 Å². The lowest BCUT2D eigenvalue weighted by Gasteiger charge is -2.06. The maximum atomic E-state index is 12.0. The molecule has 0 fully saturated rings. The summed E-state index contributed by atoms with van der Waals surface area (Å²) in [5, 5.41) is 0. The Hall–Kier alpha value is -3.15. The van der Waals surface area contributed by atoms with E-state index in [1.165, 1.54) is 62.4 Å². The fraction of sp³-hybridized carbons (Fsp3) is 0.118. The molecule has 0 aromatic heterocycles. The zero-order chi connectivity index (χ0) is 16.8. The molecule has 0 aliphatic carbocycles. The first-order valence-corrected chi connectivity index (χ1v) is 6.73. The van der Waals surface area contributed by atoms with E-state index in [0.717, 1.165) is 0 Å². The van der Waals surface area contributed by atoms with Crippen LogP contribution in [0.1, 0.15) is 24.2 Å². The van der Waals surface area contributed by atoms with Gasteiger partial charge in [0.2, 0.25) is 0 Å². The molecule has 0 N–H and O–H groups in total. The molecule has 23 heavy (non-hydrogen) atoms. The highest BCUT2D eigenvalue weighted by Crippen LogP contribution is 2.19. The highest BCUT2D eigenvalue weighted by molar-refractivity contribution is 5.91. The molecule has 0 heterocycles. The van der Waals surface area contributed by atoms with Gasteiger partial charge >= 0.3 is 17.9 Å². The van der Waals surface area contributed by atoms with Crippen molar-refractivity contribution in [2.24, 2.45) is 0 Å². The Labute approximate surface area is 132 Å².